The van der Waals surface area contributed by atoms with Crippen molar-refractivity contribution >= 4 is 0 Å². The smallest absolute Gasteiger partial charge is 0.125 e. The van der Waals surface area contributed by atoms with Crippen molar-refractivity contribution in [1.82, 2.24) is 0 Å². The number of rotatable bonds is 7. The van der Waals surface area contributed by atoms with Gasteiger partial charge in [0, 0.05) is 18.6 Å². The second-order valence-corrected chi connectivity index (χ2v) is 5.90. The minimum absolute atomic E-state index is 0.259. The second kappa shape index (κ2) is 6.92. The molecule has 0 saturated carbocycles. The molecule has 0 spiro atoms. The molecule has 0 saturated heterocycles. The fraction of sp³-hybridized carbons (Fsp3) is 0.625. The highest BCUT2D eigenvalue weighted by atomic mass is 16.5. The number of benzene rings is 1. The Labute approximate surface area is 117 Å². The molecule has 0 aliphatic rings. The number of aryl methyl sites for hydroxylation is 2. The Morgan fingerprint density at radius 2 is 1.68 bits per heavy atom. The summed E-state index contributed by atoms with van der Waals surface area (Å²) in [5.41, 5.74) is 9.26. The average Bonchev–Trinajstić information content (AvgIpc) is 2.31. The molecule has 0 aromatic heterocycles. The first-order valence-electron chi connectivity index (χ1n) is 6.87. The summed E-state index contributed by atoms with van der Waals surface area (Å²) in [6.45, 7) is 12.1. The third-order valence-corrected chi connectivity index (χ3v) is 3.03. The van der Waals surface area contributed by atoms with Crippen molar-refractivity contribution in [3.63, 3.8) is 0 Å². The Balaban J connectivity index is 2.32. The summed E-state index contributed by atoms with van der Waals surface area (Å²) in [6, 6.07) is 4.23. The fourth-order valence-corrected chi connectivity index (χ4v) is 1.82. The van der Waals surface area contributed by atoms with Crippen LogP contribution in [-0.4, -0.2) is 25.4 Å². The van der Waals surface area contributed by atoms with Gasteiger partial charge in [0.25, 0.3) is 0 Å². The van der Waals surface area contributed by atoms with E-state index in [1.54, 1.807) is 0 Å². The first-order chi connectivity index (χ1) is 8.81. The molecule has 0 aliphatic carbocycles. The molecular formula is C16H27NO2. The summed E-state index contributed by atoms with van der Waals surface area (Å²) in [5, 5.41) is 0. The molecule has 0 bridgehead atoms. The van der Waals surface area contributed by atoms with Gasteiger partial charge in [-0.1, -0.05) is 12.1 Å². The van der Waals surface area contributed by atoms with Crippen molar-refractivity contribution < 1.29 is 9.47 Å². The summed E-state index contributed by atoms with van der Waals surface area (Å²) in [4.78, 5) is 0. The molecule has 108 valence electrons. The van der Waals surface area contributed by atoms with E-state index in [1.807, 2.05) is 13.8 Å². The fourth-order valence-electron chi connectivity index (χ4n) is 1.82. The van der Waals surface area contributed by atoms with E-state index in [-0.39, 0.29) is 5.54 Å². The van der Waals surface area contributed by atoms with E-state index < -0.39 is 0 Å². The van der Waals surface area contributed by atoms with Crippen molar-refractivity contribution in [2.75, 3.05) is 19.8 Å². The van der Waals surface area contributed by atoms with Crippen LogP contribution in [0.3, 0.4) is 0 Å². The number of hydrogen-bond acceptors (Lipinski definition) is 3. The standard InChI is InChI=1S/C16H27NO2/c1-12-7-8-13(2)15(14(12)3)19-10-6-9-18-11-16(4,5)17/h7-8H,6,9-11,17H2,1-5H3. The van der Waals surface area contributed by atoms with Gasteiger partial charge < -0.3 is 15.2 Å². The maximum atomic E-state index is 5.87. The summed E-state index contributed by atoms with van der Waals surface area (Å²) in [6.07, 6.45) is 0.878. The molecule has 0 fully saturated rings. The zero-order chi connectivity index (χ0) is 14.5. The van der Waals surface area contributed by atoms with Crippen LogP contribution in [0.4, 0.5) is 0 Å². The van der Waals surface area contributed by atoms with Crippen LogP contribution in [0.25, 0.3) is 0 Å². The predicted octanol–water partition coefficient (Wildman–Crippen LogP) is 3.13. The van der Waals surface area contributed by atoms with Crippen molar-refractivity contribution in [3.8, 4) is 5.75 Å². The Kier molecular flexibility index (Phi) is 5.83. The number of hydrogen-bond donors (Lipinski definition) is 1. The van der Waals surface area contributed by atoms with Crippen LogP contribution in [0.2, 0.25) is 0 Å². The third kappa shape index (κ3) is 5.62. The van der Waals surface area contributed by atoms with Crippen LogP contribution in [0, 0.1) is 20.8 Å². The van der Waals surface area contributed by atoms with E-state index in [0.29, 0.717) is 19.8 Å². The maximum absolute atomic E-state index is 5.87. The average molecular weight is 265 g/mol. The van der Waals surface area contributed by atoms with Crippen LogP contribution in [0.15, 0.2) is 12.1 Å². The SMILES string of the molecule is Cc1ccc(C)c(OCCCOCC(C)(C)N)c1C. The minimum Gasteiger partial charge on any atom is -0.493 e. The molecule has 1 rings (SSSR count). The largest absolute Gasteiger partial charge is 0.493 e. The molecular weight excluding hydrogens is 238 g/mol. The maximum Gasteiger partial charge on any atom is 0.125 e. The normalized spacial score (nSPS) is 11.7. The molecule has 2 N–H and O–H groups in total. The van der Waals surface area contributed by atoms with Crippen LogP contribution in [0.5, 0.6) is 5.75 Å². The van der Waals surface area contributed by atoms with Crippen LogP contribution in [0.1, 0.15) is 37.0 Å². The molecule has 1 aromatic rings. The Morgan fingerprint density at radius 3 is 2.32 bits per heavy atom. The molecule has 0 unspecified atom stereocenters. The van der Waals surface area contributed by atoms with Gasteiger partial charge in [-0.15, -0.1) is 0 Å². The summed E-state index contributed by atoms with van der Waals surface area (Å²) in [7, 11) is 0. The minimum atomic E-state index is -0.259. The summed E-state index contributed by atoms with van der Waals surface area (Å²) < 4.78 is 11.4. The topological polar surface area (TPSA) is 44.5 Å². The molecule has 0 radical (unpaired) electrons. The lowest BCUT2D eigenvalue weighted by atomic mass is 10.1. The zero-order valence-corrected chi connectivity index (χ0v) is 12.9. The van der Waals surface area contributed by atoms with Gasteiger partial charge >= 0.3 is 0 Å². The molecule has 19 heavy (non-hydrogen) atoms. The third-order valence-electron chi connectivity index (χ3n) is 3.03. The van der Waals surface area contributed by atoms with Gasteiger partial charge in [0.2, 0.25) is 0 Å². The Morgan fingerprint density at radius 1 is 1.05 bits per heavy atom. The van der Waals surface area contributed by atoms with Crippen LogP contribution >= 0.6 is 0 Å². The van der Waals surface area contributed by atoms with E-state index in [4.69, 9.17) is 15.2 Å². The summed E-state index contributed by atoms with van der Waals surface area (Å²) in [5.74, 6) is 1.01. The predicted molar refractivity (Wildman–Crippen MR) is 79.9 cm³/mol. The first kappa shape index (κ1) is 16.0. The number of ether oxygens (including phenoxy) is 2. The molecule has 1 aromatic carbocycles. The van der Waals surface area contributed by atoms with Gasteiger partial charge in [0.05, 0.1) is 13.2 Å². The van der Waals surface area contributed by atoms with Gasteiger partial charge in [0.1, 0.15) is 5.75 Å². The highest BCUT2D eigenvalue weighted by Crippen LogP contribution is 2.25. The molecule has 3 nitrogen and oxygen atoms in total. The van der Waals surface area contributed by atoms with Gasteiger partial charge in [-0.05, 0) is 51.3 Å². The zero-order valence-electron chi connectivity index (χ0n) is 12.9. The van der Waals surface area contributed by atoms with Crippen molar-refractivity contribution in [2.24, 2.45) is 5.73 Å². The molecule has 0 heterocycles. The monoisotopic (exact) mass is 265 g/mol. The number of nitrogens with two attached hydrogens (primary N) is 1. The van der Waals surface area contributed by atoms with Gasteiger partial charge in [-0.2, -0.15) is 0 Å². The van der Waals surface area contributed by atoms with E-state index in [2.05, 4.69) is 32.9 Å². The molecule has 0 amide bonds. The van der Waals surface area contributed by atoms with Gasteiger partial charge in [-0.3, -0.25) is 0 Å². The van der Waals surface area contributed by atoms with Crippen molar-refractivity contribution in [3.05, 3.63) is 28.8 Å². The van der Waals surface area contributed by atoms with Crippen molar-refractivity contribution in [2.45, 2.75) is 46.6 Å². The van der Waals surface area contributed by atoms with E-state index >= 15 is 0 Å². The van der Waals surface area contributed by atoms with E-state index in [9.17, 15) is 0 Å². The van der Waals surface area contributed by atoms with E-state index in [0.717, 1.165) is 12.2 Å². The summed E-state index contributed by atoms with van der Waals surface area (Å²) >= 11 is 0. The van der Waals surface area contributed by atoms with E-state index in [1.165, 1.54) is 16.7 Å². The lowest BCUT2D eigenvalue weighted by molar-refractivity contribution is 0.0869. The molecule has 0 atom stereocenters. The first-order valence-corrected chi connectivity index (χ1v) is 6.87. The molecule has 0 aliphatic heterocycles. The lowest BCUT2D eigenvalue weighted by Gasteiger charge is -2.18. The second-order valence-electron chi connectivity index (χ2n) is 5.90. The van der Waals surface area contributed by atoms with Crippen molar-refractivity contribution in [1.29, 1.82) is 0 Å². The van der Waals surface area contributed by atoms with Crippen LogP contribution in [-0.2, 0) is 4.74 Å². The highest BCUT2D eigenvalue weighted by Gasteiger charge is 2.10. The highest BCUT2D eigenvalue weighted by molar-refractivity contribution is 5.44. The Bertz CT molecular complexity index is 408. The lowest BCUT2D eigenvalue weighted by Crippen LogP contribution is -2.37. The molecule has 3 heteroatoms. The quantitative estimate of drug-likeness (QED) is 0.770. The Hall–Kier alpha value is -1.06. The van der Waals surface area contributed by atoms with Gasteiger partial charge in [0.15, 0.2) is 0 Å². The van der Waals surface area contributed by atoms with Gasteiger partial charge in [-0.25, -0.2) is 0 Å². The van der Waals surface area contributed by atoms with Crippen LogP contribution < -0.4 is 10.5 Å².